The van der Waals surface area contributed by atoms with Gasteiger partial charge in [-0.3, -0.25) is 4.79 Å². The summed E-state index contributed by atoms with van der Waals surface area (Å²) in [5, 5.41) is 9.36. The van der Waals surface area contributed by atoms with E-state index in [1.165, 1.54) is 0 Å². The van der Waals surface area contributed by atoms with Gasteiger partial charge in [-0.25, -0.2) is 4.98 Å². The van der Waals surface area contributed by atoms with E-state index in [1.807, 2.05) is 23.7 Å². The predicted molar refractivity (Wildman–Crippen MR) is 86.8 cm³/mol. The van der Waals surface area contributed by atoms with E-state index < -0.39 is 0 Å². The number of anilines is 3. The number of carbonyl (C=O) groups excluding carboxylic acids is 1. The van der Waals surface area contributed by atoms with Crippen LogP contribution in [0.5, 0.6) is 0 Å². The Morgan fingerprint density at radius 2 is 2.33 bits per heavy atom. The number of nitrogens with two attached hydrogens (primary N) is 1. The van der Waals surface area contributed by atoms with Crippen molar-refractivity contribution in [3.05, 3.63) is 34.3 Å². The number of hydrogen-bond acceptors (Lipinski definition) is 5. The molecule has 4 N–H and O–H groups in total. The maximum Gasteiger partial charge on any atom is 0.224 e. The average molecular weight is 302 g/mol. The van der Waals surface area contributed by atoms with Crippen LogP contribution in [-0.4, -0.2) is 17.4 Å². The van der Waals surface area contributed by atoms with Crippen LogP contribution < -0.4 is 16.4 Å². The van der Waals surface area contributed by atoms with Crippen LogP contribution in [0, 0.1) is 0 Å². The molecule has 2 aromatic rings. The monoisotopic (exact) mass is 302 g/mol. The second-order valence-corrected chi connectivity index (χ2v) is 6.22. The standard InChI is InChI=1S/C15H18N4OS/c1-9(15-17-4-5-21-15)8-18-13-6-10-2-3-14(20)19-12(10)7-11(13)16/h4-7,9,18H,2-3,8,16H2,1H3,(H,19,20). The Bertz CT molecular complexity index is 654. The molecule has 1 aliphatic rings. The van der Waals surface area contributed by atoms with E-state index in [1.54, 1.807) is 11.3 Å². The topological polar surface area (TPSA) is 80.0 Å². The average Bonchev–Trinajstić information content (AvgIpc) is 2.99. The smallest absolute Gasteiger partial charge is 0.224 e. The van der Waals surface area contributed by atoms with Gasteiger partial charge in [0, 0.05) is 36.1 Å². The second kappa shape index (κ2) is 5.73. The van der Waals surface area contributed by atoms with Gasteiger partial charge in [0.05, 0.1) is 16.4 Å². The molecule has 1 aromatic heterocycles. The maximum atomic E-state index is 11.4. The third kappa shape index (κ3) is 3.00. The summed E-state index contributed by atoms with van der Waals surface area (Å²) in [7, 11) is 0. The van der Waals surface area contributed by atoms with Crippen LogP contribution in [0.3, 0.4) is 0 Å². The lowest BCUT2D eigenvalue weighted by Gasteiger charge is -2.20. The van der Waals surface area contributed by atoms with Gasteiger partial charge in [0.1, 0.15) is 0 Å². The van der Waals surface area contributed by atoms with E-state index >= 15 is 0 Å². The van der Waals surface area contributed by atoms with Crippen molar-refractivity contribution >= 4 is 34.3 Å². The fraction of sp³-hybridized carbons (Fsp3) is 0.333. The molecule has 1 aromatic carbocycles. The zero-order chi connectivity index (χ0) is 14.8. The Hall–Kier alpha value is -2.08. The molecule has 6 heteroatoms. The van der Waals surface area contributed by atoms with Crippen molar-refractivity contribution < 1.29 is 4.79 Å². The molecule has 3 rings (SSSR count). The molecule has 0 bridgehead atoms. The van der Waals surface area contributed by atoms with Crippen LogP contribution in [0.1, 0.15) is 29.8 Å². The lowest BCUT2D eigenvalue weighted by atomic mass is 10.0. The number of benzene rings is 1. The molecule has 0 fully saturated rings. The van der Waals surface area contributed by atoms with Crippen molar-refractivity contribution in [2.75, 3.05) is 22.9 Å². The summed E-state index contributed by atoms with van der Waals surface area (Å²) in [5.41, 5.74) is 9.62. The van der Waals surface area contributed by atoms with Crippen molar-refractivity contribution in [2.45, 2.75) is 25.7 Å². The van der Waals surface area contributed by atoms with E-state index in [2.05, 4.69) is 22.5 Å². The highest BCUT2D eigenvalue weighted by atomic mass is 32.1. The van der Waals surface area contributed by atoms with E-state index in [-0.39, 0.29) is 5.91 Å². The van der Waals surface area contributed by atoms with Gasteiger partial charge in [-0.1, -0.05) is 6.92 Å². The number of fused-ring (bicyclic) bond motifs is 1. The van der Waals surface area contributed by atoms with Crippen molar-refractivity contribution in [3.63, 3.8) is 0 Å². The zero-order valence-corrected chi connectivity index (χ0v) is 12.7. The zero-order valence-electron chi connectivity index (χ0n) is 11.8. The number of carbonyl (C=O) groups is 1. The number of rotatable bonds is 4. The fourth-order valence-electron chi connectivity index (χ4n) is 2.43. The lowest BCUT2D eigenvalue weighted by molar-refractivity contribution is -0.116. The molecule has 1 unspecified atom stereocenters. The molecule has 1 aliphatic heterocycles. The van der Waals surface area contributed by atoms with Crippen molar-refractivity contribution in [3.8, 4) is 0 Å². The minimum atomic E-state index is 0.0556. The number of aryl methyl sites for hydroxylation is 1. The Labute approximate surface area is 127 Å². The van der Waals surface area contributed by atoms with Gasteiger partial charge in [0.15, 0.2) is 0 Å². The van der Waals surface area contributed by atoms with Gasteiger partial charge in [0.2, 0.25) is 5.91 Å². The summed E-state index contributed by atoms with van der Waals surface area (Å²) in [6.07, 6.45) is 3.12. The summed E-state index contributed by atoms with van der Waals surface area (Å²) in [4.78, 5) is 15.7. The Kier molecular flexibility index (Phi) is 3.79. The molecular weight excluding hydrogens is 284 g/mol. The molecular formula is C15H18N4OS. The van der Waals surface area contributed by atoms with Gasteiger partial charge in [-0.15, -0.1) is 11.3 Å². The van der Waals surface area contributed by atoms with E-state index in [0.29, 0.717) is 18.0 Å². The first-order valence-electron chi connectivity index (χ1n) is 6.99. The normalized spacial score (nSPS) is 15.2. The SMILES string of the molecule is CC(CNc1cc2c(cc1N)NC(=O)CC2)c1nccs1. The number of aromatic nitrogens is 1. The Morgan fingerprint density at radius 3 is 3.10 bits per heavy atom. The Morgan fingerprint density at radius 1 is 1.48 bits per heavy atom. The molecule has 0 saturated heterocycles. The highest BCUT2D eigenvalue weighted by Gasteiger charge is 2.17. The highest BCUT2D eigenvalue weighted by molar-refractivity contribution is 7.09. The van der Waals surface area contributed by atoms with E-state index in [0.717, 1.165) is 34.9 Å². The van der Waals surface area contributed by atoms with Crippen LogP contribution >= 0.6 is 11.3 Å². The van der Waals surface area contributed by atoms with Crippen molar-refractivity contribution in [1.29, 1.82) is 0 Å². The molecule has 1 atom stereocenters. The van der Waals surface area contributed by atoms with Crippen LogP contribution in [0.25, 0.3) is 0 Å². The van der Waals surface area contributed by atoms with E-state index in [9.17, 15) is 4.79 Å². The second-order valence-electron chi connectivity index (χ2n) is 5.30. The first-order chi connectivity index (χ1) is 10.1. The van der Waals surface area contributed by atoms with E-state index in [4.69, 9.17) is 5.73 Å². The molecule has 0 radical (unpaired) electrons. The first-order valence-corrected chi connectivity index (χ1v) is 7.87. The molecule has 0 aliphatic carbocycles. The molecule has 2 heterocycles. The molecule has 0 spiro atoms. The van der Waals surface area contributed by atoms with Gasteiger partial charge < -0.3 is 16.4 Å². The number of nitrogens with zero attached hydrogens (tertiary/aromatic N) is 1. The third-order valence-electron chi connectivity index (χ3n) is 3.64. The summed E-state index contributed by atoms with van der Waals surface area (Å²) in [5.74, 6) is 0.389. The number of thiazole rings is 1. The molecule has 21 heavy (non-hydrogen) atoms. The third-order valence-corrected chi connectivity index (χ3v) is 4.65. The van der Waals surface area contributed by atoms with Crippen LogP contribution in [0.4, 0.5) is 17.1 Å². The van der Waals surface area contributed by atoms with Crippen LogP contribution in [0.15, 0.2) is 23.7 Å². The van der Waals surface area contributed by atoms with Gasteiger partial charge in [0.25, 0.3) is 0 Å². The molecule has 5 nitrogen and oxygen atoms in total. The number of hydrogen-bond donors (Lipinski definition) is 3. The van der Waals surface area contributed by atoms with Crippen molar-refractivity contribution in [2.24, 2.45) is 0 Å². The molecule has 110 valence electrons. The van der Waals surface area contributed by atoms with Gasteiger partial charge in [-0.05, 0) is 24.1 Å². The number of nitrogens with one attached hydrogen (secondary N) is 2. The Balaban J connectivity index is 1.72. The van der Waals surface area contributed by atoms with Crippen LogP contribution in [-0.2, 0) is 11.2 Å². The minimum absolute atomic E-state index is 0.0556. The minimum Gasteiger partial charge on any atom is -0.397 e. The summed E-state index contributed by atoms with van der Waals surface area (Å²) < 4.78 is 0. The number of amides is 1. The first kappa shape index (κ1) is 13.9. The summed E-state index contributed by atoms with van der Waals surface area (Å²) in [6.45, 7) is 2.92. The highest BCUT2D eigenvalue weighted by Crippen LogP contribution is 2.31. The predicted octanol–water partition coefficient (Wildman–Crippen LogP) is 2.83. The largest absolute Gasteiger partial charge is 0.397 e. The quantitative estimate of drug-likeness (QED) is 0.759. The van der Waals surface area contributed by atoms with Crippen molar-refractivity contribution in [1.82, 2.24) is 4.98 Å². The maximum absolute atomic E-state index is 11.4. The molecule has 0 saturated carbocycles. The van der Waals surface area contributed by atoms with Crippen LogP contribution in [0.2, 0.25) is 0 Å². The summed E-state index contributed by atoms with van der Waals surface area (Å²) >= 11 is 1.66. The molecule has 1 amide bonds. The lowest BCUT2D eigenvalue weighted by Crippen LogP contribution is -2.20. The number of nitrogen functional groups attached to an aromatic ring is 1. The van der Waals surface area contributed by atoms with Gasteiger partial charge >= 0.3 is 0 Å². The van der Waals surface area contributed by atoms with Gasteiger partial charge in [-0.2, -0.15) is 0 Å². The summed E-state index contributed by atoms with van der Waals surface area (Å²) in [6, 6.07) is 3.88. The fourth-order valence-corrected chi connectivity index (χ4v) is 3.13.